The van der Waals surface area contributed by atoms with E-state index in [9.17, 15) is 9.59 Å². The third-order valence-corrected chi connectivity index (χ3v) is 0.575. The van der Waals surface area contributed by atoms with Gasteiger partial charge >= 0.3 is 11.9 Å². The molecule has 0 atom stereocenters. The average molecular weight is 152 g/mol. The summed E-state index contributed by atoms with van der Waals surface area (Å²) in [5.41, 5.74) is 0. The van der Waals surface area contributed by atoms with Crippen molar-refractivity contribution < 1.29 is 20.5 Å². The first-order valence-electron chi connectivity index (χ1n) is 2.63. The van der Waals surface area contributed by atoms with Crippen LogP contribution in [0.2, 0.25) is 0 Å². The fourth-order valence-electron chi connectivity index (χ4n) is 0. The maximum absolute atomic E-state index is 9.59. The van der Waals surface area contributed by atoms with Gasteiger partial charge in [0.05, 0.1) is 14.2 Å². The molecule has 0 saturated carbocycles. The lowest BCUT2D eigenvalue weighted by Crippen LogP contribution is -1.88. The van der Waals surface area contributed by atoms with E-state index in [-0.39, 0.29) is 13.4 Å². The molecule has 0 spiro atoms. The number of methoxy groups -OCH3 is 2. The zero-order valence-corrected chi connectivity index (χ0v) is 6.63. The van der Waals surface area contributed by atoms with Gasteiger partial charge in [-0.2, -0.15) is 0 Å². The number of hydrogen-bond acceptors (Lipinski definition) is 4. The van der Waals surface area contributed by atoms with Gasteiger partial charge in [-0.05, 0) is 0 Å². The van der Waals surface area contributed by atoms with Crippen LogP contribution < -0.4 is 0 Å². The first-order valence-corrected chi connectivity index (χ1v) is 2.63. The molecule has 0 N–H and O–H groups in total. The van der Waals surface area contributed by atoms with E-state index in [2.05, 4.69) is 9.47 Å². The smallest absolute Gasteiger partial charge is 0.302 e. The Kier molecular flexibility index (Phi) is 9.29. The van der Waals surface area contributed by atoms with E-state index >= 15 is 0 Å². The van der Waals surface area contributed by atoms with Crippen LogP contribution in [0, 0.1) is 0 Å². The molecule has 0 aliphatic heterocycles. The minimum atomic E-state index is -0.245. The van der Waals surface area contributed by atoms with Crippen molar-refractivity contribution in [2.45, 2.75) is 13.8 Å². The van der Waals surface area contributed by atoms with Gasteiger partial charge < -0.3 is 9.47 Å². The van der Waals surface area contributed by atoms with Crippen molar-refractivity contribution >= 4 is 11.9 Å². The van der Waals surface area contributed by atoms with E-state index in [0.717, 1.165) is 0 Å². The van der Waals surface area contributed by atoms with Crippen molar-refractivity contribution in [3.63, 3.8) is 0 Å². The molecule has 0 rings (SSSR count). The standard InChI is InChI=1S/2C3H6O2.H2/c2*1-3(4)5-2;/h2*1-2H3;1H/i;;1+2. The number of carbonyl (C=O) groups excluding carboxylic acids is 2. The highest BCUT2D eigenvalue weighted by Crippen LogP contribution is 1.60. The first kappa shape index (κ1) is 11.7. The molecular formula is C6H14O4. The molecule has 10 heavy (non-hydrogen) atoms. The van der Waals surface area contributed by atoms with Crippen molar-refractivity contribution in [1.82, 2.24) is 0 Å². The summed E-state index contributed by atoms with van der Waals surface area (Å²) in [4.78, 5) is 19.2. The normalized spacial score (nSPS) is 6.80. The van der Waals surface area contributed by atoms with Crippen LogP contribution >= 0.6 is 0 Å². The molecule has 0 radical (unpaired) electrons. The Morgan fingerprint density at radius 2 is 1.10 bits per heavy atom. The van der Waals surface area contributed by atoms with Gasteiger partial charge in [0.25, 0.3) is 0 Å². The summed E-state index contributed by atoms with van der Waals surface area (Å²) in [5.74, 6) is -0.491. The summed E-state index contributed by atoms with van der Waals surface area (Å²) in [6.07, 6.45) is 0. The van der Waals surface area contributed by atoms with Crippen LogP contribution in [-0.2, 0) is 19.1 Å². The second-order valence-corrected chi connectivity index (χ2v) is 1.39. The van der Waals surface area contributed by atoms with E-state index in [1.165, 1.54) is 28.1 Å². The van der Waals surface area contributed by atoms with Crippen LogP contribution in [0.25, 0.3) is 0 Å². The molecular weight excluding hydrogens is 136 g/mol. The minimum absolute atomic E-state index is 0. The number of ether oxygens (including phenoxy) is 2. The van der Waals surface area contributed by atoms with E-state index in [1.807, 2.05) is 0 Å². The Morgan fingerprint density at radius 3 is 1.10 bits per heavy atom. The molecule has 4 nitrogen and oxygen atoms in total. The van der Waals surface area contributed by atoms with Crippen molar-refractivity contribution in [1.29, 1.82) is 0 Å². The summed E-state index contributed by atoms with van der Waals surface area (Å²) in [6, 6.07) is 0. The van der Waals surface area contributed by atoms with E-state index in [0.29, 0.717) is 0 Å². The lowest BCUT2D eigenvalue weighted by Gasteiger charge is -1.80. The van der Waals surface area contributed by atoms with Gasteiger partial charge in [-0.25, -0.2) is 0 Å². The molecule has 62 valence electrons. The monoisotopic (exact) mass is 152 g/mol. The lowest BCUT2D eigenvalue weighted by molar-refractivity contribution is -0.138. The molecule has 0 aromatic carbocycles. The summed E-state index contributed by atoms with van der Waals surface area (Å²) in [6.45, 7) is 2.72. The van der Waals surface area contributed by atoms with Crippen molar-refractivity contribution in [2.75, 3.05) is 14.2 Å². The predicted molar refractivity (Wildman–Crippen MR) is 37.5 cm³/mol. The van der Waals surface area contributed by atoms with E-state index in [4.69, 9.17) is 0 Å². The zero-order chi connectivity index (χ0) is 8.57. The number of carbonyl (C=O) groups is 2. The summed E-state index contributed by atoms with van der Waals surface area (Å²) in [7, 11) is 2.70. The Balaban J connectivity index is -0.000000107. The van der Waals surface area contributed by atoms with Gasteiger partial charge in [-0.3, -0.25) is 9.59 Å². The van der Waals surface area contributed by atoms with Crippen LogP contribution in [0.1, 0.15) is 15.3 Å². The van der Waals surface area contributed by atoms with E-state index < -0.39 is 0 Å². The van der Waals surface area contributed by atoms with Crippen LogP contribution in [0.15, 0.2) is 0 Å². The maximum Gasteiger partial charge on any atom is 0.302 e. The predicted octanol–water partition coefficient (Wildman–Crippen LogP) is 0.605. The highest BCUT2D eigenvalue weighted by atomic mass is 16.5. The fourth-order valence-corrected chi connectivity index (χ4v) is 0. The third kappa shape index (κ3) is 28.3. The van der Waals surface area contributed by atoms with Gasteiger partial charge in [0.15, 0.2) is 0 Å². The lowest BCUT2D eigenvalue weighted by atomic mass is 10.8. The molecule has 0 saturated heterocycles. The quantitative estimate of drug-likeness (QED) is 0.477. The number of rotatable bonds is 0. The molecule has 0 aromatic rings. The maximum atomic E-state index is 9.59. The Bertz CT molecular complexity index is 99.1. The Morgan fingerprint density at radius 1 is 1.00 bits per heavy atom. The fraction of sp³-hybridized carbons (Fsp3) is 0.667. The minimum Gasteiger partial charge on any atom is -0.469 e. The molecule has 0 aromatic heterocycles. The average Bonchev–Trinajstić information content (AvgIpc) is 1.89. The van der Waals surface area contributed by atoms with Gasteiger partial charge in [0, 0.05) is 15.3 Å². The van der Waals surface area contributed by atoms with Gasteiger partial charge in [0.1, 0.15) is 0 Å². The zero-order valence-electron chi connectivity index (χ0n) is 6.63. The molecule has 0 bridgehead atoms. The molecule has 0 amide bonds. The molecule has 0 aliphatic rings. The van der Waals surface area contributed by atoms with E-state index in [1.54, 1.807) is 0 Å². The summed E-state index contributed by atoms with van der Waals surface area (Å²) >= 11 is 0. The second-order valence-electron chi connectivity index (χ2n) is 1.39. The Hall–Kier alpha value is -1.06. The van der Waals surface area contributed by atoms with Crippen LogP contribution in [0.5, 0.6) is 0 Å². The number of hydrogen-bond donors (Lipinski definition) is 0. The molecule has 0 unspecified atom stereocenters. The van der Waals surface area contributed by atoms with Gasteiger partial charge in [-0.1, -0.05) is 0 Å². The highest BCUT2D eigenvalue weighted by Gasteiger charge is 1.76. The SMILES string of the molecule is COC(C)=O.COC(C)=O.[3HH]. The van der Waals surface area contributed by atoms with Crippen LogP contribution in [0.4, 0.5) is 0 Å². The number of esters is 2. The van der Waals surface area contributed by atoms with Crippen molar-refractivity contribution in [3.05, 3.63) is 0 Å². The van der Waals surface area contributed by atoms with Crippen molar-refractivity contribution in [2.24, 2.45) is 0 Å². The van der Waals surface area contributed by atoms with Crippen LogP contribution in [0.3, 0.4) is 0 Å². The largest absolute Gasteiger partial charge is 0.469 e. The Labute approximate surface area is 61.6 Å². The molecule has 0 fully saturated rings. The second kappa shape index (κ2) is 7.94. The third-order valence-electron chi connectivity index (χ3n) is 0.575. The van der Waals surface area contributed by atoms with Crippen molar-refractivity contribution in [3.8, 4) is 0 Å². The molecule has 0 aliphatic carbocycles. The molecule has 0 heterocycles. The highest BCUT2D eigenvalue weighted by molar-refractivity contribution is 5.65. The van der Waals surface area contributed by atoms with Gasteiger partial charge in [0.2, 0.25) is 0 Å². The summed E-state index contributed by atoms with van der Waals surface area (Å²) in [5, 5.41) is 0. The summed E-state index contributed by atoms with van der Waals surface area (Å²) < 4.78 is 8.22. The van der Waals surface area contributed by atoms with Crippen LogP contribution in [-0.4, -0.2) is 26.2 Å². The van der Waals surface area contributed by atoms with Gasteiger partial charge in [-0.15, -0.1) is 0 Å². The topological polar surface area (TPSA) is 52.6 Å². The first-order chi connectivity index (χ1) is 4.54. The molecule has 4 heteroatoms.